The van der Waals surface area contributed by atoms with Crippen molar-refractivity contribution in [1.29, 1.82) is 0 Å². The summed E-state index contributed by atoms with van der Waals surface area (Å²) < 4.78 is 4.66. The van der Waals surface area contributed by atoms with Crippen LogP contribution in [-0.4, -0.2) is 19.0 Å². The molecule has 0 fully saturated rings. The highest BCUT2D eigenvalue weighted by Gasteiger charge is 2.50. The molecule has 1 atom stereocenters. The molecule has 1 aromatic carbocycles. The van der Waals surface area contributed by atoms with Crippen molar-refractivity contribution in [2.75, 3.05) is 23.9 Å². The number of nitrogens with one attached hydrogen (secondary N) is 1. The average Bonchev–Trinajstić information content (AvgIpc) is 2.53. The van der Waals surface area contributed by atoms with E-state index in [1.165, 1.54) is 26.2 Å². The molecule has 0 spiro atoms. The van der Waals surface area contributed by atoms with Crippen molar-refractivity contribution >= 4 is 28.9 Å². The molecule has 0 aliphatic carbocycles. The van der Waals surface area contributed by atoms with Gasteiger partial charge in [0.05, 0.1) is 18.5 Å². The van der Waals surface area contributed by atoms with Crippen LogP contribution in [0.1, 0.15) is 12.5 Å². The Bertz CT molecular complexity index is 527. The number of rotatable bonds is 1. The number of carbonyl (C=O) groups is 2. The number of methoxy groups -OCH3 is 1. The van der Waals surface area contributed by atoms with E-state index in [1.807, 2.05) is 0 Å². The Morgan fingerprint density at radius 2 is 1.94 bits per heavy atom. The molecular weight excluding hydrogens is 222 g/mol. The van der Waals surface area contributed by atoms with Crippen molar-refractivity contribution in [2.45, 2.75) is 12.3 Å². The van der Waals surface area contributed by atoms with Crippen molar-refractivity contribution in [3.05, 3.63) is 17.7 Å². The summed E-state index contributed by atoms with van der Waals surface area (Å²) in [5.41, 5.74) is 11.6. The molecule has 0 saturated carbocycles. The first-order valence-electron chi connectivity index (χ1n) is 5.00. The molecule has 1 aliphatic heterocycles. The van der Waals surface area contributed by atoms with Gasteiger partial charge in [0.25, 0.3) is 0 Å². The average molecular weight is 235 g/mol. The van der Waals surface area contributed by atoms with Gasteiger partial charge in [-0.15, -0.1) is 0 Å². The van der Waals surface area contributed by atoms with Crippen LogP contribution in [0.5, 0.6) is 0 Å². The van der Waals surface area contributed by atoms with Crippen LogP contribution in [0.15, 0.2) is 12.1 Å². The van der Waals surface area contributed by atoms with Gasteiger partial charge in [0, 0.05) is 11.3 Å². The summed E-state index contributed by atoms with van der Waals surface area (Å²) in [5.74, 6) is -1.07. The molecule has 5 N–H and O–H groups in total. The molecule has 1 aromatic rings. The molecule has 1 unspecified atom stereocenters. The Kier molecular flexibility index (Phi) is 2.23. The van der Waals surface area contributed by atoms with Gasteiger partial charge in [-0.2, -0.15) is 0 Å². The lowest BCUT2D eigenvalue weighted by molar-refractivity contribution is -0.150. The highest BCUT2D eigenvalue weighted by Crippen LogP contribution is 2.41. The molecule has 1 aliphatic rings. The lowest BCUT2D eigenvalue weighted by Crippen LogP contribution is -2.40. The highest BCUT2D eigenvalue weighted by molar-refractivity contribution is 6.19. The number of nitrogen functional groups attached to an aromatic ring is 2. The third-order valence-corrected chi connectivity index (χ3v) is 3.06. The second-order valence-electron chi connectivity index (χ2n) is 4.10. The summed E-state index contributed by atoms with van der Waals surface area (Å²) in [6.45, 7) is 1.50. The van der Waals surface area contributed by atoms with E-state index in [9.17, 15) is 9.59 Å². The first kappa shape index (κ1) is 11.3. The largest absolute Gasteiger partial charge is 0.468 e. The van der Waals surface area contributed by atoms with E-state index in [0.717, 1.165) is 0 Å². The lowest BCUT2D eigenvalue weighted by Gasteiger charge is -2.19. The summed E-state index contributed by atoms with van der Waals surface area (Å²) in [6.07, 6.45) is 0. The number of hydrogen-bond donors (Lipinski definition) is 3. The quantitative estimate of drug-likeness (QED) is 0.367. The zero-order chi connectivity index (χ0) is 12.8. The van der Waals surface area contributed by atoms with Gasteiger partial charge in [-0.1, -0.05) is 0 Å². The summed E-state index contributed by atoms with van der Waals surface area (Å²) in [7, 11) is 1.24. The molecule has 2 rings (SSSR count). The molecule has 0 radical (unpaired) electrons. The minimum absolute atomic E-state index is 0.329. The van der Waals surface area contributed by atoms with Gasteiger partial charge in [0.15, 0.2) is 5.41 Å². The van der Waals surface area contributed by atoms with E-state index in [2.05, 4.69) is 10.1 Å². The Labute approximate surface area is 97.9 Å². The molecule has 0 bridgehead atoms. The lowest BCUT2D eigenvalue weighted by atomic mass is 9.83. The van der Waals surface area contributed by atoms with Gasteiger partial charge in [-0.25, -0.2) is 0 Å². The number of anilines is 3. The SMILES string of the molecule is COC(=O)C1(C)C(=O)Nc2cc(N)c(N)cc21. The van der Waals surface area contributed by atoms with E-state index in [4.69, 9.17) is 11.5 Å². The Morgan fingerprint density at radius 3 is 2.53 bits per heavy atom. The maximum absolute atomic E-state index is 11.9. The van der Waals surface area contributed by atoms with Crippen molar-refractivity contribution in [1.82, 2.24) is 0 Å². The fourth-order valence-electron chi connectivity index (χ4n) is 1.93. The Morgan fingerprint density at radius 1 is 1.35 bits per heavy atom. The number of hydrogen-bond acceptors (Lipinski definition) is 5. The zero-order valence-corrected chi connectivity index (χ0v) is 9.53. The predicted octanol–water partition coefficient (Wildman–Crippen LogP) is 0.234. The van der Waals surface area contributed by atoms with E-state index >= 15 is 0 Å². The molecule has 17 heavy (non-hydrogen) atoms. The predicted molar refractivity (Wildman–Crippen MR) is 63.3 cm³/mol. The Balaban J connectivity index is 2.65. The molecule has 0 saturated heterocycles. The number of benzene rings is 1. The van der Waals surface area contributed by atoms with Gasteiger partial charge in [-0.3, -0.25) is 9.59 Å². The van der Waals surface area contributed by atoms with Crippen LogP contribution in [-0.2, 0) is 19.7 Å². The monoisotopic (exact) mass is 235 g/mol. The number of carbonyl (C=O) groups excluding carboxylic acids is 2. The summed E-state index contributed by atoms with van der Waals surface area (Å²) in [5, 5.41) is 2.60. The Hall–Kier alpha value is -2.24. The molecule has 1 amide bonds. The third-order valence-electron chi connectivity index (χ3n) is 3.06. The van der Waals surface area contributed by atoms with Crippen molar-refractivity contribution in [3.8, 4) is 0 Å². The van der Waals surface area contributed by atoms with Crippen molar-refractivity contribution < 1.29 is 14.3 Å². The van der Waals surface area contributed by atoms with E-state index in [0.29, 0.717) is 22.6 Å². The maximum atomic E-state index is 11.9. The highest BCUT2D eigenvalue weighted by atomic mass is 16.5. The molecule has 6 heteroatoms. The van der Waals surface area contributed by atoms with Gasteiger partial charge in [0.1, 0.15) is 0 Å². The van der Waals surface area contributed by atoms with Crippen LogP contribution in [0.4, 0.5) is 17.1 Å². The molecular formula is C11H13N3O3. The number of esters is 1. The topological polar surface area (TPSA) is 107 Å². The normalized spacial score (nSPS) is 21.9. The maximum Gasteiger partial charge on any atom is 0.325 e. The van der Waals surface area contributed by atoms with E-state index in [-0.39, 0.29) is 0 Å². The standard InChI is InChI=1S/C11H13N3O3/c1-11(10(16)17-2)5-3-6(12)7(13)4-8(5)14-9(11)15/h3-4H,12-13H2,1-2H3,(H,14,15). The number of ether oxygens (including phenoxy) is 1. The van der Waals surface area contributed by atoms with Crippen LogP contribution in [0.25, 0.3) is 0 Å². The number of nitrogens with two attached hydrogens (primary N) is 2. The molecule has 1 heterocycles. The van der Waals surface area contributed by atoms with Crippen LogP contribution in [0.3, 0.4) is 0 Å². The van der Waals surface area contributed by atoms with Crippen LogP contribution in [0.2, 0.25) is 0 Å². The first-order valence-corrected chi connectivity index (χ1v) is 5.00. The summed E-state index contributed by atoms with van der Waals surface area (Å²) in [4.78, 5) is 23.6. The smallest absolute Gasteiger partial charge is 0.325 e. The van der Waals surface area contributed by atoms with Crippen LogP contribution >= 0.6 is 0 Å². The van der Waals surface area contributed by atoms with E-state index in [1.54, 1.807) is 0 Å². The molecule has 90 valence electrons. The molecule has 6 nitrogen and oxygen atoms in total. The summed E-state index contributed by atoms with van der Waals surface area (Å²) in [6, 6.07) is 3.07. The van der Waals surface area contributed by atoms with Crippen molar-refractivity contribution in [3.63, 3.8) is 0 Å². The minimum Gasteiger partial charge on any atom is -0.468 e. The minimum atomic E-state index is -1.37. The van der Waals surface area contributed by atoms with E-state index < -0.39 is 17.3 Å². The van der Waals surface area contributed by atoms with Gasteiger partial charge >= 0.3 is 5.97 Å². The zero-order valence-electron chi connectivity index (χ0n) is 9.53. The summed E-state index contributed by atoms with van der Waals surface area (Å²) >= 11 is 0. The van der Waals surface area contributed by atoms with Crippen LogP contribution < -0.4 is 16.8 Å². The first-order chi connectivity index (χ1) is 7.91. The van der Waals surface area contributed by atoms with Gasteiger partial charge in [0.2, 0.25) is 5.91 Å². The second-order valence-corrected chi connectivity index (χ2v) is 4.10. The molecule has 0 aromatic heterocycles. The second kappa shape index (κ2) is 3.38. The van der Waals surface area contributed by atoms with Gasteiger partial charge in [-0.05, 0) is 19.1 Å². The fraction of sp³-hybridized carbons (Fsp3) is 0.273. The van der Waals surface area contributed by atoms with Crippen molar-refractivity contribution in [2.24, 2.45) is 0 Å². The van der Waals surface area contributed by atoms with Gasteiger partial charge < -0.3 is 21.5 Å². The number of amides is 1. The number of fused-ring (bicyclic) bond motifs is 1. The third kappa shape index (κ3) is 1.33. The van der Waals surface area contributed by atoms with Crippen LogP contribution in [0, 0.1) is 0 Å². The fourth-order valence-corrected chi connectivity index (χ4v) is 1.93.